The number of nitrogens with one attached hydrogen (secondary N) is 1. The lowest BCUT2D eigenvalue weighted by Gasteiger charge is -2.38. The summed E-state index contributed by atoms with van der Waals surface area (Å²) in [5.41, 5.74) is 2.12. The van der Waals surface area contributed by atoms with Crippen molar-refractivity contribution in [3.8, 4) is 5.75 Å². The number of aryl methyl sites for hydroxylation is 1. The second-order valence-corrected chi connectivity index (χ2v) is 9.06. The van der Waals surface area contributed by atoms with Crippen LogP contribution in [0, 0.1) is 6.92 Å². The first-order chi connectivity index (χ1) is 13.4. The van der Waals surface area contributed by atoms with Gasteiger partial charge in [0.25, 0.3) is 0 Å². The van der Waals surface area contributed by atoms with Gasteiger partial charge in [-0.3, -0.25) is 4.90 Å². The van der Waals surface area contributed by atoms with Crippen LogP contribution in [-0.4, -0.2) is 65.1 Å². The van der Waals surface area contributed by atoms with Crippen molar-refractivity contribution >= 4 is 10.0 Å². The average molecular weight is 404 g/mol. The Morgan fingerprint density at radius 3 is 2.18 bits per heavy atom. The van der Waals surface area contributed by atoms with E-state index in [2.05, 4.69) is 21.6 Å². The van der Waals surface area contributed by atoms with Crippen molar-refractivity contribution in [2.75, 3.05) is 46.9 Å². The molecule has 1 N–H and O–H groups in total. The van der Waals surface area contributed by atoms with Gasteiger partial charge in [0.2, 0.25) is 10.0 Å². The van der Waals surface area contributed by atoms with Gasteiger partial charge in [0, 0.05) is 38.8 Å². The third kappa shape index (κ3) is 5.11. The molecule has 0 saturated carbocycles. The highest BCUT2D eigenvalue weighted by Gasteiger charge is 2.26. The number of benzene rings is 2. The number of nitrogens with zero attached hydrogens (tertiary/aromatic N) is 2. The SMILES string of the molecule is COc1ccc([C@@H](CNS(=O)(=O)c2ccc(C)cc2)N2CCN(C)CC2)cc1. The molecule has 1 fully saturated rings. The number of rotatable bonds is 7. The lowest BCUT2D eigenvalue weighted by Crippen LogP contribution is -2.48. The number of methoxy groups -OCH3 is 1. The Labute approximate surface area is 168 Å². The zero-order valence-electron chi connectivity index (χ0n) is 16.8. The van der Waals surface area contributed by atoms with Crippen molar-refractivity contribution in [2.24, 2.45) is 0 Å². The van der Waals surface area contributed by atoms with Crippen molar-refractivity contribution in [2.45, 2.75) is 17.9 Å². The largest absolute Gasteiger partial charge is 0.497 e. The van der Waals surface area contributed by atoms with E-state index in [1.807, 2.05) is 43.3 Å². The third-order valence-corrected chi connectivity index (χ3v) is 6.72. The number of hydrogen-bond acceptors (Lipinski definition) is 5. The first kappa shape index (κ1) is 20.8. The number of ether oxygens (including phenoxy) is 1. The topological polar surface area (TPSA) is 61.9 Å². The maximum absolute atomic E-state index is 12.8. The molecular weight excluding hydrogens is 374 g/mol. The highest BCUT2D eigenvalue weighted by Crippen LogP contribution is 2.24. The molecule has 0 radical (unpaired) electrons. The van der Waals surface area contributed by atoms with Crippen LogP contribution in [0.2, 0.25) is 0 Å². The van der Waals surface area contributed by atoms with E-state index < -0.39 is 10.0 Å². The van der Waals surface area contributed by atoms with Gasteiger partial charge in [-0.05, 0) is 43.8 Å². The molecule has 1 aliphatic heterocycles. The first-order valence-corrected chi connectivity index (χ1v) is 11.0. The standard InChI is InChI=1S/C21H29N3O3S/c1-17-4-10-20(11-5-17)28(25,26)22-16-21(24-14-12-23(2)13-15-24)18-6-8-19(27-3)9-7-18/h4-11,21-22H,12-16H2,1-3H3/t21-/m1/s1. The molecule has 2 aromatic rings. The van der Waals surface area contributed by atoms with E-state index in [0.29, 0.717) is 11.4 Å². The van der Waals surface area contributed by atoms with Gasteiger partial charge >= 0.3 is 0 Å². The van der Waals surface area contributed by atoms with E-state index in [-0.39, 0.29) is 6.04 Å². The molecule has 1 aliphatic rings. The second-order valence-electron chi connectivity index (χ2n) is 7.29. The van der Waals surface area contributed by atoms with E-state index >= 15 is 0 Å². The fourth-order valence-electron chi connectivity index (χ4n) is 3.41. The molecule has 1 atom stereocenters. The van der Waals surface area contributed by atoms with Crippen LogP contribution in [0.5, 0.6) is 5.75 Å². The minimum atomic E-state index is -3.55. The normalized spacial score (nSPS) is 17.4. The van der Waals surface area contributed by atoms with E-state index in [4.69, 9.17) is 4.74 Å². The minimum absolute atomic E-state index is 0.0279. The van der Waals surface area contributed by atoms with Crippen LogP contribution >= 0.6 is 0 Å². The Bertz CT molecular complexity index is 859. The molecule has 1 heterocycles. The fourth-order valence-corrected chi connectivity index (χ4v) is 4.45. The Kier molecular flexibility index (Phi) is 6.72. The molecule has 0 spiro atoms. The molecule has 0 amide bonds. The van der Waals surface area contributed by atoms with Crippen LogP contribution in [0.4, 0.5) is 0 Å². The lowest BCUT2D eigenvalue weighted by atomic mass is 10.0. The van der Waals surface area contributed by atoms with Gasteiger partial charge in [-0.25, -0.2) is 13.1 Å². The predicted octanol–water partition coefficient (Wildman–Crippen LogP) is 2.27. The molecule has 0 aromatic heterocycles. The van der Waals surface area contributed by atoms with Gasteiger partial charge in [0.15, 0.2) is 0 Å². The van der Waals surface area contributed by atoms with Gasteiger partial charge in [-0.15, -0.1) is 0 Å². The first-order valence-electron chi connectivity index (χ1n) is 9.52. The Morgan fingerprint density at radius 1 is 1.00 bits per heavy atom. The summed E-state index contributed by atoms with van der Waals surface area (Å²) in [5.74, 6) is 0.793. The van der Waals surface area contributed by atoms with Crippen molar-refractivity contribution < 1.29 is 13.2 Å². The number of hydrogen-bond donors (Lipinski definition) is 1. The van der Waals surface area contributed by atoms with Gasteiger partial charge in [0.05, 0.1) is 12.0 Å². The number of piperazine rings is 1. The summed E-state index contributed by atoms with van der Waals surface area (Å²) in [6.45, 7) is 6.01. The van der Waals surface area contributed by atoms with Gasteiger partial charge < -0.3 is 9.64 Å². The molecule has 152 valence electrons. The van der Waals surface area contributed by atoms with Crippen molar-refractivity contribution in [3.63, 3.8) is 0 Å². The average Bonchev–Trinajstić information content (AvgIpc) is 2.70. The van der Waals surface area contributed by atoms with E-state index in [0.717, 1.165) is 43.1 Å². The summed E-state index contributed by atoms with van der Waals surface area (Å²) >= 11 is 0. The molecular formula is C21H29N3O3S. The van der Waals surface area contributed by atoms with Gasteiger partial charge in [0.1, 0.15) is 5.75 Å². The van der Waals surface area contributed by atoms with Crippen LogP contribution < -0.4 is 9.46 Å². The van der Waals surface area contributed by atoms with Crippen molar-refractivity contribution in [1.82, 2.24) is 14.5 Å². The quantitative estimate of drug-likeness (QED) is 0.769. The zero-order valence-corrected chi connectivity index (χ0v) is 17.6. The molecule has 2 aromatic carbocycles. The molecule has 3 rings (SSSR count). The summed E-state index contributed by atoms with van der Waals surface area (Å²) in [4.78, 5) is 4.93. The summed E-state index contributed by atoms with van der Waals surface area (Å²) in [7, 11) is 0.198. The molecule has 0 bridgehead atoms. The third-order valence-electron chi connectivity index (χ3n) is 5.28. The predicted molar refractivity (Wildman–Crippen MR) is 111 cm³/mol. The summed E-state index contributed by atoms with van der Waals surface area (Å²) in [6, 6.07) is 14.8. The van der Waals surface area contributed by atoms with Crippen LogP contribution in [0.3, 0.4) is 0 Å². The van der Waals surface area contributed by atoms with Gasteiger partial charge in [-0.1, -0.05) is 29.8 Å². The second kappa shape index (κ2) is 9.05. The Balaban J connectivity index is 1.79. The van der Waals surface area contributed by atoms with Crippen molar-refractivity contribution in [3.05, 3.63) is 59.7 Å². The zero-order chi connectivity index (χ0) is 20.1. The highest BCUT2D eigenvalue weighted by molar-refractivity contribution is 7.89. The van der Waals surface area contributed by atoms with Crippen LogP contribution in [-0.2, 0) is 10.0 Å². The lowest BCUT2D eigenvalue weighted by molar-refractivity contribution is 0.113. The number of sulfonamides is 1. The van der Waals surface area contributed by atoms with Crippen LogP contribution in [0.15, 0.2) is 53.4 Å². The molecule has 0 aliphatic carbocycles. The van der Waals surface area contributed by atoms with Crippen LogP contribution in [0.25, 0.3) is 0 Å². The van der Waals surface area contributed by atoms with E-state index in [1.54, 1.807) is 19.2 Å². The summed E-state index contributed by atoms with van der Waals surface area (Å²) < 4.78 is 33.6. The fraction of sp³-hybridized carbons (Fsp3) is 0.429. The summed E-state index contributed by atoms with van der Waals surface area (Å²) in [6.07, 6.45) is 0. The monoisotopic (exact) mass is 403 g/mol. The Hall–Kier alpha value is -1.93. The van der Waals surface area contributed by atoms with Gasteiger partial charge in [-0.2, -0.15) is 0 Å². The molecule has 7 heteroatoms. The molecule has 1 saturated heterocycles. The van der Waals surface area contributed by atoms with Crippen molar-refractivity contribution in [1.29, 1.82) is 0 Å². The molecule has 6 nitrogen and oxygen atoms in total. The summed E-state index contributed by atoms with van der Waals surface area (Å²) in [5, 5.41) is 0. The Morgan fingerprint density at radius 2 is 1.61 bits per heavy atom. The smallest absolute Gasteiger partial charge is 0.240 e. The maximum Gasteiger partial charge on any atom is 0.240 e. The highest BCUT2D eigenvalue weighted by atomic mass is 32.2. The molecule has 0 unspecified atom stereocenters. The van der Waals surface area contributed by atoms with E-state index in [1.165, 1.54) is 0 Å². The minimum Gasteiger partial charge on any atom is -0.497 e. The maximum atomic E-state index is 12.8. The van der Waals surface area contributed by atoms with E-state index in [9.17, 15) is 8.42 Å². The van der Waals surface area contributed by atoms with Crippen LogP contribution in [0.1, 0.15) is 17.2 Å². The number of likely N-dealkylation sites (N-methyl/N-ethyl adjacent to an activating group) is 1. The molecule has 28 heavy (non-hydrogen) atoms.